The van der Waals surface area contributed by atoms with Crippen LogP contribution in [0.5, 0.6) is 11.5 Å². The quantitative estimate of drug-likeness (QED) is 0.425. The maximum Gasteiger partial charge on any atom is 0.414 e. The molecule has 2 N–H and O–H groups in total. The number of phenolic OH excluding ortho intramolecular Hbond substituents is 2. The summed E-state index contributed by atoms with van der Waals surface area (Å²) >= 11 is 0. The van der Waals surface area contributed by atoms with E-state index < -0.39 is 8.56 Å². The number of phenols is 2. The van der Waals surface area contributed by atoms with Crippen molar-refractivity contribution < 1.29 is 19.1 Å². The highest BCUT2D eigenvalue weighted by molar-refractivity contribution is 6.93. The second-order valence-electron chi connectivity index (χ2n) is 6.76. The summed E-state index contributed by atoms with van der Waals surface area (Å²) in [5.41, 5.74) is 0. The first-order valence-electron chi connectivity index (χ1n) is 10.0. The predicted molar refractivity (Wildman–Crippen MR) is 112 cm³/mol. The Morgan fingerprint density at radius 3 is 1.44 bits per heavy atom. The van der Waals surface area contributed by atoms with Crippen molar-refractivity contribution in [2.45, 2.75) is 52.4 Å². The Balaban J connectivity index is 2.47. The fourth-order valence-electron chi connectivity index (χ4n) is 3.14. The van der Waals surface area contributed by atoms with Gasteiger partial charge < -0.3 is 19.1 Å². The highest BCUT2D eigenvalue weighted by Crippen LogP contribution is 2.21. The molecule has 0 saturated carbocycles. The lowest BCUT2D eigenvalue weighted by molar-refractivity contribution is 0.184. The van der Waals surface area contributed by atoms with Crippen LogP contribution in [0.1, 0.15) is 52.4 Å². The normalized spacial score (nSPS) is 11.6. The van der Waals surface area contributed by atoms with Crippen molar-refractivity contribution in [3.05, 3.63) is 48.5 Å². The van der Waals surface area contributed by atoms with Gasteiger partial charge >= 0.3 is 8.56 Å². The van der Waals surface area contributed by atoms with Gasteiger partial charge in [-0.3, -0.25) is 0 Å². The number of aromatic hydroxyl groups is 2. The van der Waals surface area contributed by atoms with Crippen molar-refractivity contribution in [3.63, 3.8) is 0 Å². The SMILES string of the molecule is CCCCCO[Si](OCCCCC)(c1ccccc1O)c1ccccc1O. The molecule has 0 aliphatic rings. The van der Waals surface area contributed by atoms with E-state index in [2.05, 4.69) is 13.8 Å². The average molecular weight is 389 g/mol. The highest BCUT2D eigenvalue weighted by atomic mass is 28.4. The number of unbranched alkanes of at least 4 members (excludes halogenated alkanes) is 4. The van der Waals surface area contributed by atoms with Crippen LogP contribution in [0.15, 0.2) is 48.5 Å². The van der Waals surface area contributed by atoms with Crippen molar-refractivity contribution in [1.29, 1.82) is 0 Å². The Labute approximate surface area is 164 Å². The van der Waals surface area contributed by atoms with Crippen LogP contribution in [0.4, 0.5) is 0 Å². The second-order valence-corrected chi connectivity index (χ2v) is 9.65. The summed E-state index contributed by atoms with van der Waals surface area (Å²) in [5.74, 6) is 0.303. The van der Waals surface area contributed by atoms with Gasteiger partial charge in [-0.15, -0.1) is 0 Å². The summed E-state index contributed by atoms with van der Waals surface area (Å²) in [4.78, 5) is 0. The maximum atomic E-state index is 10.6. The minimum atomic E-state index is -3.24. The Hall–Kier alpha value is -1.82. The summed E-state index contributed by atoms with van der Waals surface area (Å²) in [6.45, 7) is 5.38. The summed E-state index contributed by atoms with van der Waals surface area (Å²) < 4.78 is 12.9. The maximum absolute atomic E-state index is 10.6. The number of benzene rings is 2. The largest absolute Gasteiger partial charge is 0.508 e. The molecule has 5 heteroatoms. The molecular formula is C22H32O4Si. The van der Waals surface area contributed by atoms with E-state index in [0.29, 0.717) is 23.6 Å². The third-order valence-corrected chi connectivity index (χ3v) is 8.11. The fourth-order valence-corrected chi connectivity index (χ4v) is 6.47. The number of rotatable bonds is 12. The van der Waals surface area contributed by atoms with Gasteiger partial charge in [0.15, 0.2) is 0 Å². The van der Waals surface area contributed by atoms with Crippen LogP contribution in [0.3, 0.4) is 0 Å². The Morgan fingerprint density at radius 1 is 0.667 bits per heavy atom. The lowest BCUT2D eigenvalue weighted by Gasteiger charge is -2.32. The Morgan fingerprint density at radius 2 is 1.07 bits per heavy atom. The van der Waals surface area contributed by atoms with E-state index in [1.165, 1.54) is 0 Å². The lowest BCUT2D eigenvalue weighted by Crippen LogP contribution is -2.63. The number of para-hydroxylation sites is 2. The molecule has 148 valence electrons. The zero-order valence-corrected chi connectivity index (χ0v) is 17.5. The lowest BCUT2D eigenvalue weighted by atomic mass is 10.3. The van der Waals surface area contributed by atoms with Crippen molar-refractivity contribution in [1.82, 2.24) is 0 Å². The first-order valence-corrected chi connectivity index (χ1v) is 11.8. The van der Waals surface area contributed by atoms with E-state index in [0.717, 1.165) is 38.5 Å². The molecule has 0 unspecified atom stereocenters. The number of hydrogen-bond acceptors (Lipinski definition) is 4. The van der Waals surface area contributed by atoms with Crippen molar-refractivity contribution >= 4 is 18.9 Å². The monoisotopic (exact) mass is 388 g/mol. The van der Waals surface area contributed by atoms with Gasteiger partial charge in [-0.25, -0.2) is 0 Å². The first-order chi connectivity index (χ1) is 13.2. The Bertz CT molecular complexity index is 630. The molecule has 4 nitrogen and oxygen atoms in total. The van der Waals surface area contributed by atoms with Crippen LogP contribution in [0.25, 0.3) is 0 Å². The topological polar surface area (TPSA) is 58.9 Å². The van der Waals surface area contributed by atoms with Crippen molar-refractivity contribution in [2.75, 3.05) is 13.2 Å². The molecule has 0 aromatic heterocycles. The smallest absolute Gasteiger partial charge is 0.414 e. The van der Waals surface area contributed by atoms with Gasteiger partial charge in [-0.05, 0) is 25.0 Å². The molecule has 0 atom stereocenters. The summed E-state index contributed by atoms with van der Waals surface area (Å²) in [7, 11) is -3.24. The van der Waals surface area contributed by atoms with Crippen LogP contribution in [-0.4, -0.2) is 32.0 Å². The van der Waals surface area contributed by atoms with E-state index >= 15 is 0 Å². The molecule has 27 heavy (non-hydrogen) atoms. The van der Waals surface area contributed by atoms with Gasteiger partial charge in [0, 0.05) is 23.6 Å². The van der Waals surface area contributed by atoms with Crippen LogP contribution >= 0.6 is 0 Å². The fraction of sp³-hybridized carbons (Fsp3) is 0.455. The van der Waals surface area contributed by atoms with Gasteiger partial charge in [0.05, 0.1) is 0 Å². The first kappa shape index (κ1) is 21.5. The van der Waals surface area contributed by atoms with Gasteiger partial charge in [0.1, 0.15) is 11.5 Å². The van der Waals surface area contributed by atoms with E-state index in [1.807, 2.05) is 24.3 Å². The van der Waals surface area contributed by atoms with E-state index in [1.54, 1.807) is 24.3 Å². The van der Waals surface area contributed by atoms with Crippen LogP contribution in [-0.2, 0) is 8.85 Å². The van der Waals surface area contributed by atoms with E-state index in [9.17, 15) is 10.2 Å². The minimum absolute atomic E-state index is 0.151. The summed E-state index contributed by atoms with van der Waals surface area (Å²) in [6.07, 6.45) is 6.18. The van der Waals surface area contributed by atoms with Crippen LogP contribution in [0, 0.1) is 0 Å². The number of hydrogen-bond donors (Lipinski definition) is 2. The standard InChI is InChI=1S/C22H32O4Si/c1-3-5-11-17-25-27(26-18-12-6-4-2,21-15-9-7-13-19(21)23)22-16-10-8-14-20(22)24/h7-10,13-16,23-24H,3-6,11-12,17-18H2,1-2H3. The van der Waals surface area contributed by atoms with Crippen molar-refractivity contribution in [3.8, 4) is 11.5 Å². The molecule has 0 heterocycles. The van der Waals surface area contributed by atoms with Crippen molar-refractivity contribution in [2.24, 2.45) is 0 Å². The predicted octanol–water partition coefficient (Wildman–Crippen LogP) is 4.07. The van der Waals surface area contributed by atoms with Crippen LogP contribution < -0.4 is 10.4 Å². The summed E-state index contributed by atoms with van der Waals surface area (Å²) in [6, 6.07) is 14.3. The Kier molecular flexibility index (Phi) is 8.84. The molecule has 0 amide bonds. The van der Waals surface area contributed by atoms with E-state index in [4.69, 9.17) is 8.85 Å². The molecule has 0 bridgehead atoms. The van der Waals surface area contributed by atoms with Gasteiger partial charge in [0.25, 0.3) is 0 Å². The average Bonchev–Trinajstić information content (AvgIpc) is 2.68. The molecule has 0 radical (unpaired) electrons. The molecule has 0 aliphatic carbocycles. The van der Waals surface area contributed by atoms with Gasteiger partial charge in [-0.2, -0.15) is 0 Å². The summed E-state index contributed by atoms with van der Waals surface area (Å²) in [5, 5.41) is 22.5. The zero-order valence-electron chi connectivity index (χ0n) is 16.5. The third kappa shape index (κ3) is 5.58. The molecular weight excluding hydrogens is 356 g/mol. The molecule has 0 saturated heterocycles. The third-order valence-electron chi connectivity index (χ3n) is 4.62. The second kappa shape index (κ2) is 11.1. The molecule has 0 aliphatic heterocycles. The highest BCUT2D eigenvalue weighted by Gasteiger charge is 2.46. The zero-order chi connectivity index (χ0) is 19.5. The molecule has 2 rings (SSSR count). The molecule has 2 aromatic carbocycles. The molecule has 0 spiro atoms. The van der Waals surface area contributed by atoms with E-state index in [-0.39, 0.29) is 11.5 Å². The van der Waals surface area contributed by atoms with Gasteiger partial charge in [0.2, 0.25) is 0 Å². The minimum Gasteiger partial charge on any atom is -0.508 e. The molecule has 0 fully saturated rings. The van der Waals surface area contributed by atoms with Crippen LogP contribution in [0.2, 0.25) is 0 Å². The van der Waals surface area contributed by atoms with Gasteiger partial charge in [-0.1, -0.05) is 75.9 Å². The molecule has 2 aromatic rings.